The van der Waals surface area contributed by atoms with Crippen molar-refractivity contribution in [3.8, 4) is 28.3 Å². The Labute approximate surface area is 343 Å². The molecule has 4 heteroatoms. The van der Waals surface area contributed by atoms with Crippen LogP contribution >= 0.6 is 0 Å². The van der Waals surface area contributed by atoms with Crippen LogP contribution in [0.15, 0.2) is 188 Å². The number of fused-ring (bicyclic) bond motifs is 10. The number of rotatable bonds is 4. The van der Waals surface area contributed by atoms with Gasteiger partial charge in [-0.15, -0.1) is 0 Å². The molecule has 280 valence electrons. The highest BCUT2D eigenvalue weighted by molar-refractivity contribution is 6.23. The molecule has 0 unspecified atom stereocenters. The van der Waals surface area contributed by atoms with Crippen molar-refractivity contribution >= 4 is 65.6 Å². The maximum atomic E-state index is 5.56. The van der Waals surface area contributed by atoms with Gasteiger partial charge in [0, 0.05) is 55.2 Å². The molecule has 2 aliphatic rings. The van der Waals surface area contributed by atoms with Gasteiger partial charge in [0.25, 0.3) is 0 Å². The van der Waals surface area contributed by atoms with Crippen molar-refractivity contribution in [2.75, 3.05) is 4.90 Å². The second-order valence-corrected chi connectivity index (χ2v) is 16.5. The molecule has 2 aromatic heterocycles. The van der Waals surface area contributed by atoms with Crippen molar-refractivity contribution < 1.29 is 0 Å². The number of nitrogens with zero attached hydrogens (tertiary/aromatic N) is 4. The van der Waals surface area contributed by atoms with E-state index in [1.807, 2.05) is 0 Å². The minimum atomic E-state index is -0.229. The van der Waals surface area contributed by atoms with E-state index in [1.54, 1.807) is 0 Å². The molecule has 0 N–H and O–H groups in total. The highest BCUT2D eigenvalue weighted by atomic mass is 15.2. The van der Waals surface area contributed by atoms with E-state index in [9.17, 15) is 0 Å². The molecular weight excluding hydrogens is 717 g/mol. The summed E-state index contributed by atoms with van der Waals surface area (Å²) in [6.45, 7) is 4.76. The molecule has 0 amide bonds. The Morgan fingerprint density at radius 3 is 2.14 bits per heavy atom. The topological polar surface area (TPSA) is 34.0 Å². The maximum Gasteiger partial charge on any atom is 0.235 e. The molecule has 3 heterocycles. The van der Waals surface area contributed by atoms with Gasteiger partial charge in [0.2, 0.25) is 5.95 Å². The molecule has 0 fully saturated rings. The molecule has 10 aromatic rings. The molecule has 0 saturated heterocycles. The normalized spacial score (nSPS) is 14.6. The van der Waals surface area contributed by atoms with Crippen LogP contribution in [0.25, 0.3) is 82.6 Å². The molecule has 1 aliphatic carbocycles. The van der Waals surface area contributed by atoms with Crippen molar-refractivity contribution in [2.45, 2.75) is 32.1 Å². The van der Waals surface area contributed by atoms with Crippen molar-refractivity contribution in [1.29, 1.82) is 0 Å². The quantitative estimate of drug-likeness (QED) is 0.168. The molecular formula is C55H40N4. The molecule has 0 atom stereocenters. The SMILES string of the molecule is CC1(C)c2ccccc2N(C2=CC=CCC2)c2ccc(-c3cccc4c5c6ccccc6ccc5n(-c5nc(-c6ccccc6)c6ccc7ccccc7c6n5)c34)cc21. The summed E-state index contributed by atoms with van der Waals surface area (Å²) >= 11 is 0. The van der Waals surface area contributed by atoms with Crippen LogP contribution in [0.1, 0.15) is 37.8 Å². The third kappa shape index (κ3) is 5.02. The van der Waals surface area contributed by atoms with Gasteiger partial charge in [-0.3, -0.25) is 4.57 Å². The largest absolute Gasteiger partial charge is 0.314 e. The predicted octanol–water partition coefficient (Wildman–Crippen LogP) is 14.4. The third-order valence-electron chi connectivity index (χ3n) is 12.8. The fourth-order valence-corrected chi connectivity index (χ4v) is 10.0. The number of aromatic nitrogens is 3. The fourth-order valence-electron chi connectivity index (χ4n) is 10.0. The Balaban J connectivity index is 1.18. The van der Waals surface area contributed by atoms with Crippen LogP contribution in [0, 0.1) is 0 Å². The lowest BCUT2D eigenvalue weighted by Crippen LogP contribution is -2.32. The van der Waals surface area contributed by atoms with E-state index < -0.39 is 0 Å². The van der Waals surface area contributed by atoms with Gasteiger partial charge in [-0.05, 0) is 82.1 Å². The minimum absolute atomic E-state index is 0.229. The second-order valence-electron chi connectivity index (χ2n) is 16.5. The number of benzene rings is 8. The summed E-state index contributed by atoms with van der Waals surface area (Å²) < 4.78 is 2.34. The molecule has 0 radical (unpaired) electrons. The van der Waals surface area contributed by atoms with E-state index in [4.69, 9.17) is 9.97 Å². The zero-order valence-corrected chi connectivity index (χ0v) is 33.0. The van der Waals surface area contributed by atoms with Crippen LogP contribution < -0.4 is 4.90 Å². The Kier molecular flexibility index (Phi) is 7.37. The number of para-hydroxylation sites is 2. The first kappa shape index (κ1) is 33.8. The lowest BCUT2D eigenvalue weighted by atomic mass is 9.72. The van der Waals surface area contributed by atoms with Gasteiger partial charge < -0.3 is 4.90 Å². The molecule has 8 aromatic carbocycles. The van der Waals surface area contributed by atoms with Gasteiger partial charge in [-0.2, -0.15) is 0 Å². The standard InChI is InChI=1S/C55H40N4/c1-55(2)45-26-13-14-27-47(45)58(39-20-7-4-8-21-39)48-32-30-38(34-46(48)55)42-24-15-25-43-50-40-22-11-9-16-35(40)29-33-49(50)59(53(42)43)54-56-51(37-18-5-3-6-19-37)44-31-28-36-17-10-12-23-41(36)52(44)57-54/h3-7,9-20,22-34H,8,21H2,1-2H3. The first-order chi connectivity index (χ1) is 29.0. The predicted molar refractivity (Wildman–Crippen MR) is 247 cm³/mol. The van der Waals surface area contributed by atoms with Gasteiger partial charge in [-0.1, -0.05) is 159 Å². The van der Waals surface area contributed by atoms with Crippen molar-refractivity contribution in [2.24, 2.45) is 0 Å². The van der Waals surface area contributed by atoms with Crippen LogP contribution in [0.4, 0.5) is 11.4 Å². The average molecular weight is 757 g/mol. The van der Waals surface area contributed by atoms with Crippen LogP contribution in [-0.4, -0.2) is 14.5 Å². The van der Waals surface area contributed by atoms with E-state index in [-0.39, 0.29) is 5.41 Å². The highest BCUT2D eigenvalue weighted by Crippen LogP contribution is 2.52. The van der Waals surface area contributed by atoms with Gasteiger partial charge in [0.05, 0.1) is 22.2 Å². The summed E-state index contributed by atoms with van der Waals surface area (Å²) in [6.07, 6.45) is 8.81. The Hall–Kier alpha value is -7.30. The molecule has 0 bridgehead atoms. The van der Waals surface area contributed by atoms with Gasteiger partial charge >= 0.3 is 0 Å². The van der Waals surface area contributed by atoms with Crippen LogP contribution in [0.5, 0.6) is 0 Å². The number of anilines is 2. The zero-order valence-electron chi connectivity index (χ0n) is 33.0. The van der Waals surface area contributed by atoms with Crippen LogP contribution in [-0.2, 0) is 5.41 Å². The van der Waals surface area contributed by atoms with Crippen molar-refractivity contribution in [1.82, 2.24) is 14.5 Å². The molecule has 0 saturated carbocycles. The van der Waals surface area contributed by atoms with E-state index in [0.717, 1.165) is 62.4 Å². The third-order valence-corrected chi connectivity index (χ3v) is 12.8. The van der Waals surface area contributed by atoms with E-state index in [0.29, 0.717) is 5.95 Å². The molecule has 1 aliphatic heterocycles. The lowest BCUT2D eigenvalue weighted by molar-refractivity contribution is 0.628. The summed E-state index contributed by atoms with van der Waals surface area (Å²) in [4.78, 5) is 13.6. The zero-order chi connectivity index (χ0) is 39.2. The number of hydrogen-bond donors (Lipinski definition) is 0. The van der Waals surface area contributed by atoms with Gasteiger partial charge in [0.1, 0.15) is 0 Å². The molecule has 59 heavy (non-hydrogen) atoms. The van der Waals surface area contributed by atoms with Crippen molar-refractivity contribution in [3.63, 3.8) is 0 Å². The number of hydrogen-bond acceptors (Lipinski definition) is 3. The molecule has 12 rings (SSSR count). The first-order valence-electron chi connectivity index (χ1n) is 20.6. The molecule has 4 nitrogen and oxygen atoms in total. The monoisotopic (exact) mass is 756 g/mol. The van der Waals surface area contributed by atoms with E-state index in [1.165, 1.54) is 55.3 Å². The first-order valence-corrected chi connectivity index (χ1v) is 20.6. The van der Waals surface area contributed by atoms with E-state index in [2.05, 4.69) is 205 Å². The lowest BCUT2D eigenvalue weighted by Gasteiger charge is -2.43. The van der Waals surface area contributed by atoms with E-state index >= 15 is 0 Å². The summed E-state index contributed by atoms with van der Waals surface area (Å²) in [5.74, 6) is 0.658. The molecule has 0 spiro atoms. The van der Waals surface area contributed by atoms with Crippen LogP contribution in [0.2, 0.25) is 0 Å². The summed E-state index contributed by atoms with van der Waals surface area (Å²) in [5, 5.41) is 8.12. The van der Waals surface area contributed by atoms with Crippen molar-refractivity contribution in [3.05, 3.63) is 199 Å². The maximum absolute atomic E-state index is 5.56. The fraction of sp³-hybridized carbons (Fsp3) is 0.0909. The van der Waals surface area contributed by atoms with Gasteiger partial charge in [0.15, 0.2) is 0 Å². The highest BCUT2D eigenvalue weighted by Gasteiger charge is 2.37. The Morgan fingerprint density at radius 1 is 0.559 bits per heavy atom. The summed E-state index contributed by atoms with van der Waals surface area (Å²) in [7, 11) is 0. The Morgan fingerprint density at radius 2 is 1.29 bits per heavy atom. The van der Waals surface area contributed by atoms with Crippen LogP contribution in [0.3, 0.4) is 0 Å². The number of allylic oxidation sites excluding steroid dienone is 4. The summed E-state index contributed by atoms with van der Waals surface area (Å²) in [5.41, 5.74) is 13.7. The minimum Gasteiger partial charge on any atom is -0.314 e. The Bertz CT molecular complexity index is 3420. The van der Waals surface area contributed by atoms with Gasteiger partial charge in [-0.25, -0.2) is 9.97 Å². The smallest absolute Gasteiger partial charge is 0.235 e. The summed E-state index contributed by atoms with van der Waals surface area (Å²) in [6, 6.07) is 59.6. The average Bonchev–Trinajstić information content (AvgIpc) is 3.64. The second kappa shape index (κ2) is 12.9.